The minimum atomic E-state index is -4.06. The van der Waals surface area contributed by atoms with Crippen LogP contribution in [-0.2, 0) is 6.42 Å². The molecule has 2 saturated heterocycles. The second-order valence-corrected chi connectivity index (χ2v) is 11.3. The fourth-order valence-electron chi connectivity index (χ4n) is 6.26. The molecule has 3 fully saturated rings. The summed E-state index contributed by atoms with van der Waals surface area (Å²) >= 11 is 0. The quantitative estimate of drug-likeness (QED) is 0.368. The molecule has 5 heteroatoms. The van der Waals surface area contributed by atoms with Crippen molar-refractivity contribution in [2.75, 3.05) is 32.7 Å². The highest BCUT2D eigenvalue weighted by Gasteiger charge is 2.58. The second-order valence-electron chi connectivity index (χ2n) is 11.3. The van der Waals surface area contributed by atoms with Crippen LogP contribution in [0.2, 0.25) is 0 Å². The summed E-state index contributed by atoms with van der Waals surface area (Å²) in [7, 11) is 0. The van der Waals surface area contributed by atoms with Crippen LogP contribution in [0.1, 0.15) is 62.5 Å². The molecule has 0 N–H and O–H groups in total. The number of likely N-dealkylation sites (tertiary alicyclic amines) is 2. The molecule has 2 nitrogen and oxygen atoms in total. The van der Waals surface area contributed by atoms with Gasteiger partial charge in [-0.2, -0.15) is 13.2 Å². The van der Waals surface area contributed by atoms with E-state index in [0.29, 0.717) is 25.2 Å². The molecule has 0 unspecified atom stereocenters. The summed E-state index contributed by atoms with van der Waals surface area (Å²) in [6, 6.07) is 17.6. The van der Waals surface area contributed by atoms with Gasteiger partial charge in [0.25, 0.3) is 0 Å². The van der Waals surface area contributed by atoms with E-state index < -0.39 is 11.6 Å². The van der Waals surface area contributed by atoms with E-state index in [2.05, 4.69) is 64.9 Å². The zero-order chi connectivity index (χ0) is 25.2. The van der Waals surface area contributed by atoms with Crippen LogP contribution in [-0.4, -0.2) is 48.7 Å². The Kier molecular flexibility index (Phi) is 7.48. The van der Waals surface area contributed by atoms with Gasteiger partial charge < -0.3 is 9.80 Å². The molecular weight excluding hydrogens is 457 g/mol. The van der Waals surface area contributed by atoms with Crippen molar-refractivity contribution in [1.82, 2.24) is 9.80 Å². The summed E-state index contributed by atoms with van der Waals surface area (Å²) < 4.78 is 40.5. The molecular formula is C31H39F3N2. The average Bonchev–Trinajstić information content (AvgIpc) is 3.40. The SMILES string of the molecule is C=C(c1ccc(-c2ccc(CCC3CCN(CC4(C(F)(F)F)CCC4)CC3)cc2)cc1)N1CCCC1. The molecule has 0 amide bonds. The lowest BCUT2D eigenvalue weighted by atomic mass is 9.67. The zero-order valence-corrected chi connectivity index (χ0v) is 21.3. The molecule has 2 aliphatic heterocycles. The number of alkyl halides is 3. The molecule has 2 aromatic rings. The van der Waals surface area contributed by atoms with Crippen molar-refractivity contribution in [3.05, 3.63) is 66.2 Å². The van der Waals surface area contributed by atoms with E-state index in [1.807, 2.05) is 0 Å². The van der Waals surface area contributed by atoms with E-state index in [0.717, 1.165) is 57.6 Å². The lowest BCUT2D eigenvalue weighted by Gasteiger charge is -2.47. The Morgan fingerprint density at radius 2 is 1.42 bits per heavy atom. The molecule has 0 aromatic heterocycles. The maximum absolute atomic E-state index is 13.5. The van der Waals surface area contributed by atoms with E-state index >= 15 is 0 Å². The van der Waals surface area contributed by atoms with Gasteiger partial charge in [0.1, 0.15) is 0 Å². The van der Waals surface area contributed by atoms with Gasteiger partial charge in [0, 0.05) is 25.3 Å². The van der Waals surface area contributed by atoms with Gasteiger partial charge in [-0.05, 0) is 92.6 Å². The highest BCUT2D eigenvalue weighted by Crippen LogP contribution is 2.53. The number of hydrogen-bond acceptors (Lipinski definition) is 2. The predicted octanol–water partition coefficient (Wildman–Crippen LogP) is 7.80. The molecule has 1 saturated carbocycles. The molecule has 2 heterocycles. The number of halogens is 3. The third-order valence-electron chi connectivity index (χ3n) is 8.98. The van der Waals surface area contributed by atoms with Gasteiger partial charge in [-0.25, -0.2) is 0 Å². The van der Waals surface area contributed by atoms with Crippen LogP contribution < -0.4 is 0 Å². The fraction of sp³-hybridized carbons (Fsp3) is 0.548. The van der Waals surface area contributed by atoms with E-state index in [4.69, 9.17) is 0 Å². The van der Waals surface area contributed by atoms with Crippen LogP contribution in [0.15, 0.2) is 55.1 Å². The number of rotatable bonds is 8. The smallest absolute Gasteiger partial charge is 0.372 e. The lowest BCUT2D eigenvalue weighted by Crippen LogP contribution is -2.53. The van der Waals surface area contributed by atoms with Crippen molar-refractivity contribution in [3.63, 3.8) is 0 Å². The van der Waals surface area contributed by atoms with Crippen molar-refractivity contribution < 1.29 is 13.2 Å². The predicted molar refractivity (Wildman–Crippen MR) is 142 cm³/mol. The summed E-state index contributed by atoms with van der Waals surface area (Å²) in [5, 5.41) is 0. The Balaban J connectivity index is 1.08. The summed E-state index contributed by atoms with van der Waals surface area (Å²) in [6.07, 6.45) is 3.97. The monoisotopic (exact) mass is 496 g/mol. The number of aryl methyl sites for hydroxylation is 1. The van der Waals surface area contributed by atoms with Gasteiger partial charge in [-0.15, -0.1) is 0 Å². The minimum absolute atomic E-state index is 0.206. The molecule has 0 radical (unpaired) electrons. The van der Waals surface area contributed by atoms with Crippen molar-refractivity contribution in [1.29, 1.82) is 0 Å². The molecule has 1 aliphatic carbocycles. The topological polar surface area (TPSA) is 6.48 Å². The lowest BCUT2D eigenvalue weighted by molar-refractivity contribution is -0.256. The van der Waals surface area contributed by atoms with Crippen molar-refractivity contribution in [3.8, 4) is 11.1 Å². The van der Waals surface area contributed by atoms with Gasteiger partial charge >= 0.3 is 6.18 Å². The highest BCUT2D eigenvalue weighted by molar-refractivity contribution is 5.69. The first-order valence-corrected chi connectivity index (χ1v) is 13.8. The van der Waals surface area contributed by atoms with Crippen LogP contribution in [0.25, 0.3) is 16.8 Å². The Morgan fingerprint density at radius 3 is 1.94 bits per heavy atom. The van der Waals surface area contributed by atoms with Crippen molar-refractivity contribution in [2.24, 2.45) is 11.3 Å². The van der Waals surface area contributed by atoms with Crippen LogP contribution in [0.4, 0.5) is 13.2 Å². The summed E-state index contributed by atoms with van der Waals surface area (Å²) in [4.78, 5) is 4.45. The van der Waals surface area contributed by atoms with Crippen molar-refractivity contribution >= 4 is 5.70 Å². The maximum Gasteiger partial charge on any atom is 0.395 e. The van der Waals surface area contributed by atoms with Gasteiger partial charge in [0.05, 0.1) is 5.41 Å². The third kappa shape index (κ3) is 5.51. The van der Waals surface area contributed by atoms with Gasteiger partial charge in [-0.1, -0.05) is 61.5 Å². The first kappa shape index (κ1) is 25.4. The summed E-state index contributed by atoms with van der Waals surface area (Å²) in [5.41, 5.74) is 4.68. The Morgan fingerprint density at radius 1 is 0.833 bits per heavy atom. The minimum Gasteiger partial charge on any atom is -0.372 e. The molecule has 5 rings (SSSR count). The number of benzene rings is 2. The Hall–Kier alpha value is -2.27. The first-order chi connectivity index (χ1) is 17.3. The largest absolute Gasteiger partial charge is 0.395 e. The summed E-state index contributed by atoms with van der Waals surface area (Å²) in [5.74, 6) is 0.611. The van der Waals surface area contributed by atoms with Gasteiger partial charge in [0.2, 0.25) is 0 Å². The fourth-order valence-corrected chi connectivity index (χ4v) is 6.26. The highest BCUT2D eigenvalue weighted by atomic mass is 19.4. The number of nitrogens with zero attached hydrogens (tertiary/aromatic N) is 2. The maximum atomic E-state index is 13.5. The van der Waals surface area contributed by atoms with Crippen LogP contribution in [0.3, 0.4) is 0 Å². The number of hydrogen-bond donors (Lipinski definition) is 0. The van der Waals surface area contributed by atoms with E-state index in [9.17, 15) is 13.2 Å². The molecule has 0 atom stereocenters. The first-order valence-electron chi connectivity index (χ1n) is 13.8. The molecule has 0 bridgehead atoms. The van der Waals surface area contributed by atoms with Crippen LogP contribution in [0, 0.1) is 11.3 Å². The van der Waals surface area contributed by atoms with Gasteiger partial charge in [0.15, 0.2) is 0 Å². The Labute approximate surface area is 214 Å². The summed E-state index contributed by atoms with van der Waals surface area (Å²) in [6.45, 7) is 8.34. The zero-order valence-electron chi connectivity index (χ0n) is 21.3. The van der Waals surface area contributed by atoms with E-state index in [1.54, 1.807) is 0 Å². The third-order valence-corrected chi connectivity index (χ3v) is 8.98. The second kappa shape index (κ2) is 10.6. The molecule has 0 spiro atoms. The van der Waals surface area contributed by atoms with E-state index in [-0.39, 0.29) is 6.54 Å². The molecule has 36 heavy (non-hydrogen) atoms. The van der Waals surface area contributed by atoms with Gasteiger partial charge in [-0.3, -0.25) is 0 Å². The Bertz CT molecular complexity index is 1010. The molecule has 3 aliphatic rings. The molecule has 2 aromatic carbocycles. The van der Waals surface area contributed by atoms with Crippen molar-refractivity contribution in [2.45, 2.75) is 64.0 Å². The molecule has 194 valence electrons. The number of piperidine rings is 1. The van der Waals surface area contributed by atoms with Crippen LogP contribution in [0.5, 0.6) is 0 Å². The van der Waals surface area contributed by atoms with E-state index in [1.165, 1.54) is 35.1 Å². The van der Waals surface area contributed by atoms with Crippen LogP contribution >= 0.6 is 0 Å². The average molecular weight is 497 g/mol. The standard InChI is InChI=1S/C31H39F3N2/c1-24(36-19-2-3-20-36)27-11-13-29(14-12-27)28-9-7-25(8-10-28)5-6-26-15-21-35(22-16-26)23-30(17-4-18-30)31(32,33)34/h7-14,26H,1-6,15-23H2. The normalized spacial score (nSPS) is 20.9.